The molecule has 0 fully saturated rings. The maximum Gasteiger partial charge on any atom is 0.255 e. The molecule has 0 aliphatic carbocycles. The molecule has 0 bridgehead atoms. The molecule has 0 radical (unpaired) electrons. The predicted octanol–water partition coefficient (Wildman–Crippen LogP) is 1.60. The van der Waals surface area contributed by atoms with Gasteiger partial charge in [-0.15, -0.1) is 0 Å². The van der Waals surface area contributed by atoms with Crippen molar-refractivity contribution in [2.75, 3.05) is 5.32 Å². The number of hydrogen-bond donors (Lipinski definition) is 3. The fourth-order valence-corrected chi connectivity index (χ4v) is 2.12. The van der Waals surface area contributed by atoms with Gasteiger partial charge in [-0.05, 0) is 43.2 Å². The number of primary amides is 1. The van der Waals surface area contributed by atoms with Crippen LogP contribution in [0.15, 0.2) is 35.1 Å². The van der Waals surface area contributed by atoms with E-state index in [1.54, 1.807) is 25.1 Å². The van der Waals surface area contributed by atoms with Gasteiger partial charge in [0.15, 0.2) is 0 Å². The molecule has 2 amide bonds. The maximum absolute atomic E-state index is 12.2. The highest BCUT2D eigenvalue weighted by molar-refractivity contribution is 6.05. The third kappa shape index (κ3) is 3.60. The van der Waals surface area contributed by atoms with Gasteiger partial charge in [-0.1, -0.05) is 6.92 Å². The molecule has 0 aliphatic heterocycles. The first-order valence-corrected chi connectivity index (χ1v) is 6.85. The molecule has 22 heavy (non-hydrogen) atoms. The van der Waals surface area contributed by atoms with Crippen molar-refractivity contribution >= 4 is 17.5 Å². The fourth-order valence-electron chi connectivity index (χ4n) is 2.12. The highest BCUT2D eigenvalue weighted by Gasteiger charge is 2.10. The summed E-state index contributed by atoms with van der Waals surface area (Å²) in [6.07, 6.45) is 0.618. The number of nitrogens with one attached hydrogen (secondary N) is 2. The van der Waals surface area contributed by atoms with Gasteiger partial charge < -0.3 is 16.0 Å². The van der Waals surface area contributed by atoms with Gasteiger partial charge in [0.25, 0.3) is 5.91 Å². The zero-order valence-corrected chi connectivity index (χ0v) is 12.4. The number of aromatic nitrogens is 1. The molecule has 6 heteroatoms. The van der Waals surface area contributed by atoms with E-state index in [0.29, 0.717) is 23.4 Å². The monoisotopic (exact) mass is 299 g/mol. The lowest BCUT2D eigenvalue weighted by atomic mass is 10.1. The Labute approximate surface area is 127 Å². The van der Waals surface area contributed by atoms with Gasteiger partial charge in [0.1, 0.15) is 0 Å². The smallest absolute Gasteiger partial charge is 0.255 e. The van der Waals surface area contributed by atoms with Crippen molar-refractivity contribution in [3.05, 3.63) is 63.1 Å². The van der Waals surface area contributed by atoms with Gasteiger partial charge in [-0.3, -0.25) is 14.4 Å². The van der Waals surface area contributed by atoms with Gasteiger partial charge in [-0.2, -0.15) is 0 Å². The molecule has 0 atom stereocenters. The largest absolute Gasteiger partial charge is 0.366 e. The molecule has 0 unspecified atom stereocenters. The molecule has 2 aromatic rings. The van der Waals surface area contributed by atoms with Crippen LogP contribution in [-0.2, 0) is 6.42 Å². The number of aryl methyl sites for hydroxylation is 2. The van der Waals surface area contributed by atoms with E-state index in [9.17, 15) is 14.4 Å². The van der Waals surface area contributed by atoms with Gasteiger partial charge >= 0.3 is 0 Å². The first kappa shape index (κ1) is 15.5. The van der Waals surface area contributed by atoms with Crippen molar-refractivity contribution in [2.45, 2.75) is 20.3 Å². The summed E-state index contributed by atoms with van der Waals surface area (Å²) >= 11 is 0. The van der Waals surface area contributed by atoms with Crippen molar-refractivity contribution in [1.82, 2.24) is 4.98 Å². The van der Waals surface area contributed by atoms with E-state index >= 15 is 0 Å². The Bertz CT molecular complexity index is 793. The second-order valence-corrected chi connectivity index (χ2v) is 5.02. The number of carbonyl (C=O) groups is 2. The fraction of sp³-hybridized carbons (Fsp3) is 0.188. The minimum Gasteiger partial charge on any atom is -0.366 e. The molecular weight excluding hydrogens is 282 g/mol. The van der Waals surface area contributed by atoms with Gasteiger partial charge in [0.05, 0.1) is 0 Å². The highest BCUT2D eigenvalue weighted by atomic mass is 16.2. The van der Waals surface area contributed by atoms with Crippen molar-refractivity contribution in [3.63, 3.8) is 0 Å². The summed E-state index contributed by atoms with van der Waals surface area (Å²) < 4.78 is 0. The lowest BCUT2D eigenvalue weighted by molar-refractivity contribution is 0.0996. The van der Waals surface area contributed by atoms with Crippen molar-refractivity contribution in [2.24, 2.45) is 5.73 Å². The van der Waals surface area contributed by atoms with Gasteiger partial charge in [0, 0.05) is 28.6 Å². The van der Waals surface area contributed by atoms with Crippen molar-refractivity contribution < 1.29 is 9.59 Å². The number of benzene rings is 1. The first-order chi connectivity index (χ1) is 10.4. The maximum atomic E-state index is 12.2. The van der Waals surface area contributed by atoms with E-state index in [4.69, 9.17) is 5.73 Å². The molecule has 1 heterocycles. The molecule has 6 nitrogen and oxygen atoms in total. The Hall–Kier alpha value is -2.89. The van der Waals surface area contributed by atoms with E-state index in [0.717, 1.165) is 5.56 Å². The molecule has 0 saturated heterocycles. The van der Waals surface area contributed by atoms with Gasteiger partial charge in [-0.25, -0.2) is 0 Å². The van der Waals surface area contributed by atoms with Crippen molar-refractivity contribution in [3.8, 4) is 0 Å². The Kier molecular flexibility index (Phi) is 4.41. The second-order valence-electron chi connectivity index (χ2n) is 5.02. The molecule has 0 aliphatic rings. The van der Waals surface area contributed by atoms with Crippen LogP contribution in [0.3, 0.4) is 0 Å². The summed E-state index contributed by atoms with van der Waals surface area (Å²) in [5, 5.41) is 2.67. The molecule has 114 valence electrons. The third-order valence-electron chi connectivity index (χ3n) is 3.16. The van der Waals surface area contributed by atoms with E-state index < -0.39 is 11.8 Å². The molecule has 1 aromatic heterocycles. The Morgan fingerprint density at radius 3 is 2.50 bits per heavy atom. The van der Waals surface area contributed by atoms with Crippen molar-refractivity contribution in [1.29, 1.82) is 0 Å². The molecule has 0 saturated carbocycles. The molecule has 0 spiro atoms. The summed E-state index contributed by atoms with van der Waals surface area (Å²) in [6.45, 7) is 3.68. The zero-order chi connectivity index (χ0) is 16.3. The molecule has 4 N–H and O–H groups in total. The zero-order valence-electron chi connectivity index (χ0n) is 12.4. The lowest BCUT2D eigenvalue weighted by Crippen LogP contribution is -2.18. The second kappa shape index (κ2) is 6.26. The van der Waals surface area contributed by atoms with Crippen LogP contribution in [0.1, 0.15) is 38.9 Å². The summed E-state index contributed by atoms with van der Waals surface area (Å²) in [6, 6.07) is 7.72. The number of amides is 2. The van der Waals surface area contributed by atoms with Gasteiger partial charge in [0.2, 0.25) is 11.5 Å². The summed E-state index contributed by atoms with van der Waals surface area (Å²) in [5.41, 5.74) is 7.44. The number of hydrogen-bond acceptors (Lipinski definition) is 3. The minimum atomic E-state index is -0.566. The Morgan fingerprint density at radius 2 is 1.86 bits per heavy atom. The minimum absolute atomic E-state index is 0.266. The topological polar surface area (TPSA) is 105 Å². The Morgan fingerprint density at radius 1 is 1.14 bits per heavy atom. The summed E-state index contributed by atoms with van der Waals surface area (Å²) in [5.74, 6) is -0.981. The van der Waals surface area contributed by atoms with E-state index in [1.807, 2.05) is 6.92 Å². The SMILES string of the molecule is CCc1cc(C(=O)Nc2cc(C)cc(C(N)=O)c2)cc(=O)[nH]1. The number of H-pyrrole nitrogens is 1. The quantitative estimate of drug-likeness (QED) is 0.798. The predicted molar refractivity (Wildman–Crippen MR) is 84.1 cm³/mol. The van der Waals surface area contributed by atoms with E-state index in [1.165, 1.54) is 12.1 Å². The number of anilines is 1. The highest BCUT2D eigenvalue weighted by Crippen LogP contribution is 2.15. The summed E-state index contributed by atoms with van der Waals surface area (Å²) in [4.78, 5) is 37.7. The average Bonchev–Trinajstić information content (AvgIpc) is 2.45. The normalized spacial score (nSPS) is 10.3. The van der Waals surface area contributed by atoms with Crippen LogP contribution in [0, 0.1) is 6.92 Å². The number of pyridine rings is 1. The molecule has 1 aromatic carbocycles. The van der Waals surface area contributed by atoms with Crippen LogP contribution in [0.25, 0.3) is 0 Å². The van der Waals surface area contributed by atoms with Crippen LogP contribution in [0.4, 0.5) is 5.69 Å². The standard InChI is InChI=1S/C16H17N3O3/c1-3-12-7-11(8-14(20)18-12)16(22)19-13-5-9(2)4-10(6-13)15(17)21/h4-8H,3H2,1-2H3,(H2,17,21)(H,18,20)(H,19,22). The number of rotatable bonds is 4. The number of nitrogens with two attached hydrogens (primary N) is 1. The van der Waals surface area contributed by atoms with Crippen LogP contribution in [-0.4, -0.2) is 16.8 Å². The average molecular weight is 299 g/mol. The Balaban J connectivity index is 2.31. The van der Waals surface area contributed by atoms with Crippen LogP contribution in [0.5, 0.6) is 0 Å². The molecular formula is C16H17N3O3. The third-order valence-corrected chi connectivity index (χ3v) is 3.16. The lowest BCUT2D eigenvalue weighted by Gasteiger charge is -2.08. The van der Waals surface area contributed by atoms with E-state index in [2.05, 4.69) is 10.3 Å². The molecule has 2 rings (SSSR count). The van der Waals surface area contributed by atoms with Crippen LogP contribution in [0.2, 0.25) is 0 Å². The van der Waals surface area contributed by atoms with E-state index in [-0.39, 0.29) is 11.1 Å². The number of carbonyl (C=O) groups excluding carboxylic acids is 2. The first-order valence-electron chi connectivity index (χ1n) is 6.85. The van der Waals surface area contributed by atoms with Crippen LogP contribution >= 0.6 is 0 Å². The number of aromatic amines is 1. The summed E-state index contributed by atoms with van der Waals surface area (Å²) in [7, 11) is 0. The van der Waals surface area contributed by atoms with Crippen LogP contribution < -0.4 is 16.6 Å².